The maximum atomic E-state index is 9.96. The van der Waals surface area contributed by atoms with Crippen LogP contribution in [0, 0.1) is 0 Å². The Kier molecular flexibility index (Phi) is 2.67. The van der Waals surface area contributed by atoms with Crippen LogP contribution in [0.5, 0.6) is 5.88 Å². The van der Waals surface area contributed by atoms with Gasteiger partial charge in [-0.3, -0.25) is 0 Å². The fraction of sp³-hybridized carbons (Fsp3) is 0.200. The Morgan fingerprint density at radius 2 is 2.36 bits per heavy atom. The summed E-state index contributed by atoms with van der Waals surface area (Å²) in [5, 5.41) is 7.26. The average Bonchev–Trinajstić information content (AvgIpc) is 2.07. The molecule has 1 N–H and O–H groups in total. The Labute approximate surface area is 67.4 Å². The van der Waals surface area contributed by atoms with Gasteiger partial charge in [0.05, 0.1) is 11.3 Å². The number of methoxy groups -OCH3 is 1. The SMILES string of the molecule is COc1ccc(N[S+]=O)nn1. The summed E-state index contributed by atoms with van der Waals surface area (Å²) < 4.78 is 17.1. The van der Waals surface area contributed by atoms with E-state index in [9.17, 15) is 4.21 Å². The Bertz CT molecular complexity index is 238. The second-order valence-corrected chi connectivity index (χ2v) is 2.02. The van der Waals surface area contributed by atoms with Crippen LogP contribution >= 0.6 is 0 Å². The summed E-state index contributed by atoms with van der Waals surface area (Å²) in [7, 11) is 1.50. The van der Waals surface area contributed by atoms with Crippen molar-refractivity contribution in [1.29, 1.82) is 0 Å². The molecule has 0 unspecified atom stereocenters. The summed E-state index contributed by atoms with van der Waals surface area (Å²) in [5.74, 6) is 0.845. The molecule has 0 bridgehead atoms. The lowest BCUT2D eigenvalue weighted by molar-refractivity contribution is 0.392. The largest absolute Gasteiger partial charge is 0.625 e. The minimum absolute atomic E-state index is 0.225. The van der Waals surface area contributed by atoms with E-state index < -0.39 is 0 Å². The first-order valence-corrected chi connectivity index (χ1v) is 3.53. The van der Waals surface area contributed by atoms with E-state index in [1.807, 2.05) is 0 Å². The van der Waals surface area contributed by atoms with Crippen LogP contribution in [0.2, 0.25) is 0 Å². The fourth-order valence-electron chi connectivity index (χ4n) is 0.526. The third-order valence-corrected chi connectivity index (χ3v) is 1.29. The fourth-order valence-corrected chi connectivity index (χ4v) is 0.720. The van der Waals surface area contributed by atoms with Gasteiger partial charge in [0.25, 0.3) is 0 Å². The van der Waals surface area contributed by atoms with E-state index in [-0.39, 0.29) is 11.9 Å². The predicted molar refractivity (Wildman–Crippen MR) is 40.3 cm³/mol. The van der Waals surface area contributed by atoms with Gasteiger partial charge in [0.2, 0.25) is 11.7 Å². The number of anilines is 1. The van der Waals surface area contributed by atoms with Gasteiger partial charge in [-0.05, 0) is 6.07 Å². The molecule has 11 heavy (non-hydrogen) atoms. The van der Waals surface area contributed by atoms with Crippen molar-refractivity contribution in [2.24, 2.45) is 0 Å². The smallest absolute Gasteiger partial charge is 0.480 e. The molecule has 0 radical (unpaired) electrons. The lowest BCUT2D eigenvalue weighted by atomic mass is 10.5. The van der Waals surface area contributed by atoms with Crippen LogP contribution in [0.4, 0.5) is 5.82 Å². The van der Waals surface area contributed by atoms with E-state index in [0.29, 0.717) is 11.7 Å². The number of ether oxygens (including phenoxy) is 1. The van der Waals surface area contributed by atoms with Crippen LogP contribution in [0.3, 0.4) is 0 Å². The van der Waals surface area contributed by atoms with Crippen molar-refractivity contribution in [2.75, 3.05) is 11.8 Å². The minimum atomic E-state index is 0.225. The third kappa shape index (κ3) is 2.08. The van der Waals surface area contributed by atoms with E-state index in [0.717, 1.165) is 0 Å². The zero-order valence-corrected chi connectivity index (χ0v) is 6.59. The van der Waals surface area contributed by atoms with Gasteiger partial charge >= 0.3 is 11.9 Å². The summed E-state index contributed by atoms with van der Waals surface area (Å²) in [6.45, 7) is 0. The van der Waals surface area contributed by atoms with Crippen molar-refractivity contribution in [2.45, 2.75) is 0 Å². The van der Waals surface area contributed by atoms with Gasteiger partial charge in [0.1, 0.15) is 0 Å². The quantitative estimate of drug-likeness (QED) is 0.524. The Balaban J connectivity index is 2.74. The molecular formula is C5H6N3O2S+. The minimum Gasteiger partial charge on any atom is -0.480 e. The van der Waals surface area contributed by atoms with Gasteiger partial charge < -0.3 is 4.74 Å². The van der Waals surface area contributed by atoms with Crippen LogP contribution in [0.1, 0.15) is 0 Å². The van der Waals surface area contributed by atoms with Crippen molar-refractivity contribution in [3.05, 3.63) is 12.1 Å². The molecule has 0 amide bonds. The highest BCUT2D eigenvalue weighted by molar-refractivity contribution is 7.67. The Morgan fingerprint density at radius 3 is 2.82 bits per heavy atom. The second-order valence-electron chi connectivity index (χ2n) is 1.65. The molecule has 0 aliphatic rings. The van der Waals surface area contributed by atoms with E-state index in [4.69, 9.17) is 4.74 Å². The summed E-state index contributed by atoms with van der Waals surface area (Å²) in [6.07, 6.45) is 0. The molecule has 1 aromatic heterocycles. The first-order valence-electron chi connectivity index (χ1n) is 2.79. The number of hydrogen-bond acceptors (Lipinski definition) is 4. The average molecular weight is 172 g/mol. The molecule has 0 aliphatic heterocycles. The van der Waals surface area contributed by atoms with Crippen molar-refractivity contribution in [3.63, 3.8) is 0 Å². The third-order valence-electron chi connectivity index (χ3n) is 0.995. The highest BCUT2D eigenvalue weighted by atomic mass is 32.2. The Morgan fingerprint density at radius 1 is 1.55 bits per heavy atom. The van der Waals surface area contributed by atoms with Gasteiger partial charge in [-0.15, -0.1) is 10.2 Å². The normalized spacial score (nSPS) is 8.82. The molecule has 1 heterocycles. The topological polar surface area (TPSA) is 64.1 Å². The number of aromatic nitrogens is 2. The molecule has 0 atom stereocenters. The molecule has 1 aromatic rings. The zero-order valence-electron chi connectivity index (χ0n) is 5.77. The molecule has 0 aliphatic carbocycles. The number of hydrogen-bond donors (Lipinski definition) is 1. The zero-order chi connectivity index (χ0) is 8.10. The van der Waals surface area contributed by atoms with Crippen LogP contribution < -0.4 is 9.46 Å². The number of nitrogens with zero attached hydrogens (tertiary/aromatic N) is 2. The maximum Gasteiger partial charge on any atom is 0.625 e. The van der Waals surface area contributed by atoms with Crippen molar-refractivity contribution in [1.82, 2.24) is 10.2 Å². The number of rotatable bonds is 3. The molecule has 58 valence electrons. The molecule has 0 aromatic carbocycles. The summed E-state index contributed by atoms with van der Waals surface area (Å²) in [5.41, 5.74) is 0. The van der Waals surface area contributed by atoms with Gasteiger partial charge in [0, 0.05) is 6.07 Å². The molecule has 1 rings (SSSR count). The van der Waals surface area contributed by atoms with E-state index in [1.165, 1.54) is 7.11 Å². The Hall–Kier alpha value is -1.30. The van der Waals surface area contributed by atoms with Gasteiger partial charge in [-0.1, -0.05) is 4.72 Å². The predicted octanol–water partition coefficient (Wildman–Crippen LogP) is 0.240. The lowest BCUT2D eigenvalue weighted by Gasteiger charge is -1.94. The summed E-state index contributed by atoms with van der Waals surface area (Å²) in [6, 6.07) is 3.22. The highest BCUT2D eigenvalue weighted by Gasteiger charge is 2.01. The monoisotopic (exact) mass is 172 g/mol. The lowest BCUT2D eigenvalue weighted by Crippen LogP contribution is -1.95. The molecule has 0 saturated carbocycles. The van der Waals surface area contributed by atoms with Crippen molar-refractivity contribution >= 4 is 17.7 Å². The van der Waals surface area contributed by atoms with Gasteiger partial charge in [-0.25, -0.2) is 0 Å². The van der Waals surface area contributed by atoms with Crippen LogP contribution in [0.15, 0.2) is 12.1 Å². The molecule has 6 heteroatoms. The van der Waals surface area contributed by atoms with Crippen LogP contribution in [-0.2, 0) is 16.1 Å². The van der Waals surface area contributed by atoms with Crippen molar-refractivity contribution in [3.8, 4) is 5.88 Å². The van der Waals surface area contributed by atoms with Gasteiger partial charge in [0.15, 0.2) is 0 Å². The molecule has 0 fully saturated rings. The second kappa shape index (κ2) is 3.77. The standard InChI is InChI=1S/C5H6N3O2S/c1-10-5-3-2-4(6-7-5)8-11-9/h2-3H,1H3,(H,6,8,9)/q+1. The van der Waals surface area contributed by atoms with E-state index >= 15 is 0 Å². The van der Waals surface area contributed by atoms with Crippen molar-refractivity contribution < 1.29 is 8.95 Å². The first-order chi connectivity index (χ1) is 5.36. The highest BCUT2D eigenvalue weighted by Crippen LogP contribution is 2.05. The maximum absolute atomic E-state index is 9.96. The first kappa shape index (κ1) is 7.80. The number of nitrogens with one attached hydrogen (secondary N) is 1. The van der Waals surface area contributed by atoms with E-state index in [1.54, 1.807) is 12.1 Å². The van der Waals surface area contributed by atoms with Crippen LogP contribution in [0.25, 0.3) is 0 Å². The van der Waals surface area contributed by atoms with E-state index in [2.05, 4.69) is 14.9 Å². The van der Waals surface area contributed by atoms with Crippen LogP contribution in [-0.4, -0.2) is 17.3 Å². The summed E-state index contributed by atoms with van der Waals surface area (Å²) in [4.78, 5) is 0. The molecule has 0 saturated heterocycles. The molecule has 0 spiro atoms. The molecular weight excluding hydrogens is 166 g/mol. The van der Waals surface area contributed by atoms with Gasteiger partial charge in [-0.2, -0.15) is 0 Å². The molecule has 5 nitrogen and oxygen atoms in total. The summed E-state index contributed by atoms with van der Waals surface area (Å²) >= 11 is 0.225.